The first-order chi connectivity index (χ1) is 7.66. The quantitative estimate of drug-likeness (QED) is 0.773. The Morgan fingerprint density at radius 1 is 1.31 bits per heavy atom. The second kappa shape index (κ2) is 4.88. The molecule has 1 aromatic carbocycles. The predicted octanol–water partition coefficient (Wildman–Crippen LogP) is 2.81. The molecule has 0 aliphatic carbocycles. The molecule has 1 heterocycles. The van der Waals surface area contributed by atoms with Crippen LogP contribution in [0.5, 0.6) is 0 Å². The summed E-state index contributed by atoms with van der Waals surface area (Å²) in [5.74, 6) is 0.901. The van der Waals surface area contributed by atoms with E-state index in [1.807, 2.05) is 6.07 Å². The molecule has 2 N–H and O–H groups in total. The minimum atomic E-state index is 0.901. The van der Waals surface area contributed by atoms with Gasteiger partial charge in [-0.15, -0.1) is 0 Å². The maximum absolute atomic E-state index is 5.93. The van der Waals surface area contributed by atoms with Gasteiger partial charge in [0.15, 0.2) is 0 Å². The molecule has 0 unspecified atom stereocenters. The van der Waals surface area contributed by atoms with Gasteiger partial charge in [0.1, 0.15) is 0 Å². The number of hydrogen-bond donors (Lipinski definition) is 1. The number of nitrogen functional groups attached to an aromatic ring is 1. The van der Waals surface area contributed by atoms with Crippen molar-refractivity contribution in [2.24, 2.45) is 5.92 Å². The van der Waals surface area contributed by atoms with E-state index in [1.165, 1.54) is 37.1 Å². The minimum absolute atomic E-state index is 0.901. The van der Waals surface area contributed by atoms with Crippen molar-refractivity contribution < 1.29 is 0 Å². The number of nitrogens with two attached hydrogens (primary N) is 1. The number of rotatable bonds is 2. The van der Waals surface area contributed by atoms with E-state index in [2.05, 4.69) is 30.9 Å². The zero-order chi connectivity index (χ0) is 11.5. The molecule has 1 saturated heterocycles. The van der Waals surface area contributed by atoms with Crippen LogP contribution in [0, 0.1) is 12.8 Å². The second-order valence-electron chi connectivity index (χ2n) is 5.09. The maximum Gasteiger partial charge on any atom is 0.0346 e. The first-order valence-corrected chi connectivity index (χ1v) is 6.23. The average Bonchev–Trinajstić information content (AvgIpc) is 2.28. The number of benzene rings is 1. The summed E-state index contributed by atoms with van der Waals surface area (Å²) in [7, 11) is 0. The van der Waals surface area contributed by atoms with Crippen LogP contribution in [0.15, 0.2) is 18.2 Å². The van der Waals surface area contributed by atoms with Crippen molar-refractivity contribution in [2.75, 3.05) is 18.8 Å². The summed E-state index contributed by atoms with van der Waals surface area (Å²) in [6, 6.07) is 6.24. The topological polar surface area (TPSA) is 29.3 Å². The zero-order valence-corrected chi connectivity index (χ0v) is 10.4. The molecule has 0 saturated carbocycles. The first-order valence-electron chi connectivity index (χ1n) is 6.23. The Balaban J connectivity index is 2.01. The number of anilines is 1. The van der Waals surface area contributed by atoms with Crippen molar-refractivity contribution >= 4 is 5.69 Å². The Morgan fingerprint density at radius 3 is 2.69 bits per heavy atom. The lowest BCUT2D eigenvalue weighted by molar-refractivity contribution is 0.185. The van der Waals surface area contributed by atoms with Gasteiger partial charge < -0.3 is 5.73 Å². The summed E-state index contributed by atoms with van der Waals surface area (Å²) in [4.78, 5) is 2.54. The summed E-state index contributed by atoms with van der Waals surface area (Å²) in [5.41, 5.74) is 9.48. The van der Waals surface area contributed by atoms with Gasteiger partial charge in [-0.1, -0.05) is 19.1 Å². The van der Waals surface area contributed by atoms with Gasteiger partial charge >= 0.3 is 0 Å². The van der Waals surface area contributed by atoms with Crippen LogP contribution in [0.1, 0.15) is 30.9 Å². The molecule has 0 bridgehead atoms. The molecule has 0 spiro atoms. The Labute approximate surface area is 98.4 Å². The van der Waals surface area contributed by atoms with Crippen LogP contribution in [0.4, 0.5) is 5.69 Å². The van der Waals surface area contributed by atoms with Gasteiger partial charge in [0.05, 0.1) is 0 Å². The minimum Gasteiger partial charge on any atom is -0.399 e. The molecule has 1 aromatic rings. The van der Waals surface area contributed by atoms with Gasteiger partial charge in [-0.2, -0.15) is 0 Å². The van der Waals surface area contributed by atoms with Crippen molar-refractivity contribution in [1.29, 1.82) is 0 Å². The van der Waals surface area contributed by atoms with Gasteiger partial charge in [0, 0.05) is 12.2 Å². The van der Waals surface area contributed by atoms with Crippen molar-refractivity contribution in [3.8, 4) is 0 Å². The first kappa shape index (κ1) is 11.5. The van der Waals surface area contributed by atoms with Crippen LogP contribution in [0.25, 0.3) is 0 Å². The van der Waals surface area contributed by atoms with E-state index in [4.69, 9.17) is 5.73 Å². The molecule has 0 aromatic heterocycles. The summed E-state index contributed by atoms with van der Waals surface area (Å²) >= 11 is 0. The van der Waals surface area contributed by atoms with Gasteiger partial charge in [0.25, 0.3) is 0 Å². The maximum atomic E-state index is 5.93. The average molecular weight is 218 g/mol. The van der Waals surface area contributed by atoms with Crippen molar-refractivity contribution in [3.05, 3.63) is 29.3 Å². The third-order valence-corrected chi connectivity index (χ3v) is 3.76. The van der Waals surface area contributed by atoms with Crippen LogP contribution < -0.4 is 5.73 Å². The highest BCUT2D eigenvalue weighted by atomic mass is 15.1. The largest absolute Gasteiger partial charge is 0.399 e. The van der Waals surface area contributed by atoms with E-state index in [-0.39, 0.29) is 0 Å². The van der Waals surface area contributed by atoms with Crippen molar-refractivity contribution in [2.45, 2.75) is 33.2 Å². The van der Waals surface area contributed by atoms with E-state index in [9.17, 15) is 0 Å². The Morgan fingerprint density at radius 2 is 2.00 bits per heavy atom. The molecule has 0 atom stereocenters. The van der Waals surface area contributed by atoms with E-state index >= 15 is 0 Å². The normalized spacial score (nSPS) is 18.9. The number of hydrogen-bond acceptors (Lipinski definition) is 2. The van der Waals surface area contributed by atoms with E-state index in [0.717, 1.165) is 18.2 Å². The predicted molar refractivity (Wildman–Crippen MR) is 69.3 cm³/mol. The molecule has 1 aliphatic heterocycles. The summed E-state index contributed by atoms with van der Waals surface area (Å²) in [6.45, 7) is 7.99. The third-order valence-electron chi connectivity index (χ3n) is 3.76. The fourth-order valence-corrected chi connectivity index (χ4v) is 2.34. The Bertz CT molecular complexity index is 352. The van der Waals surface area contributed by atoms with Crippen LogP contribution in [0.2, 0.25) is 0 Å². The molecule has 88 valence electrons. The molecule has 1 fully saturated rings. The van der Waals surface area contributed by atoms with E-state index < -0.39 is 0 Å². The van der Waals surface area contributed by atoms with Crippen LogP contribution in [0.3, 0.4) is 0 Å². The molecule has 2 nitrogen and oxygen atoms in total. The monoisotopic (exact) mass is 218 g/mol. The zero-order valence-electron chi connectivity index (χ0n) is 10.4. The lowest BCUT2D eigenvalue weighted by Gasteiger charge is -2.30. The molecule has 0 amide bonds. The van der Waals surface area contributed by atoms with Crippen LogP contribution in [-0.2, 0) is 6.54 Å². The fraction of sp³-hybridized carbons (Fsp3) is 0.571. The molecule has 2 heteroatoms. The van der Waals surface area contributed by atoms with Gasteiger partial charge in [-0.05, 0) is 56.0 Å². The molecule has 16 heavy (non-hydrogen) atoms. The lowest BCUT2D eigenvalue weighted by Crippen LogP contribution is -2.32. The van der Waals surface area contributed by atoms with Crippen LogP contribution in [-0.4, -0.2) is 18.0 Å². The Hall–Kier alpha value is -1.02. The van der Waals surface area contributed by atoms with Crippen LogP contribution >= 0.6 is 0 Å². The number of nitrogens with zero attached hydrogens (tertiary/aromatic N) is 1. The summed E-state index contributed by atoms with van der Waals surface area (Å²) in [6.07, 6.45) is 2.67. The number of likely N-dealkylation sites (tertiary alicyclic amines) is 1. The smallest absolute Gasteiger partial charge is 0.0346 e. The molecular weight excluding hydrogens is 196 g/mol. The van der Waals surface area contributed by atoms with Gasteiger partial charge in [-0.25, -0.2) is 0 Å². The Kier molecular flexibility index (Phi) is 3.49. The summed E-state index contributed by atoms with van der Waals surface area (Å²) in [5, 5.41) is 0. The lowest BCUT2D eigenvalue weighted by atomic mass is 9.98. The fourth-order valence-electron chi connectivity index (χ4n) is 2.34. The van der Waals surface area contributed by atoms with E-state index in [1.54, 1.807) is 0 Å². The third kappa shape index (κ3) is 2.56. The molecule has 1 aliphatic rings. The summed E-state index contributed by atoms with van der Waals surface area (Å²) < 4.78 is 0. The van der Waals surface area contributed by atoms with Crippen molar-refractivity contribution in [3.63, 3.8) is 0 Å². The molecule has 2 rings (SSSR count). The molecule has 0 radical (unpaired) electrons. The number of piperidine rings is 1. The highest BCUT2D eigenvalue weighted by molar-refractivity contribution is 5.49. The molecular formula is C14H22N2. The van der Waals surface area contributed by atoms with Gasteiger partial charge in [0.2, 0.25) is 0 Å². The highest BCUT2D eigenvalue weighted by Crippen LogP contribution is 2.21. The van der Waals surface area contributed by atoms with Gasteiger partial charge in [-0.3, -0.25) is 4.90 Å². The SMILES string of the molecule is Cc1c(N)cccc1CN1CCC(C)CC1. The van der Waals surface area contributed by atoms with E-state index in [0.29, 0.717) is 0 Å². The van der Waals surface area contributed by atoms with Crippen molar-refractivity contribution in [1.82, 2.24) is 4.90 Å². The standard InChI is InChI=1S/C14H22N2/c1-11-6-8-16(9-7-11)10-13-4-3-5-14(15)12(13)2/h3-5,11H,6-10,15H2,1-2H3. The highest BCUT2D eigenvalue weighted by Gasteiger charge is 2.16. The second-order valence-corrected chi connectivity index (χ2v) is 5.09.